The lowest BCUT2D eigenvalue weighted by Crippen LogP contribution is -2.70. The largest absolute Gasteiger partial charge is 0.350 e. The van der Waals surface area contributed by atoms with E-state index in [1.54, 1.807) is 31.2 Å². The molecular weight excluding hydrogens is 462 g/mol. The third kappa shape index (κ3) is 4.99. The molecule has 0 aliphatic carbocycles. The Balaban J connectivity index is 1.72. The van der Waals surface area contributed by atoms with E-state index in [0.29, 0.717) is 5.69 Å². The molecule has 3 aromatic carbocycles. The number of hydrogen-bond acceptors (Lipinski definition) is 4. The molecule has 1 fully saturated rings. The minimum Gasteiger partial charge on any atom is -0.350 e. The second-order valence-electron chi connectivity index (χ2n) is 8.78. The molecule has 0 radical (unpaired) electrons. The summed E-state index contributed by atoms with van der Waals surface area (Å²) >= 11 is 0. The molecular formula is C27H29N3O4S. The standard InChI is InChI=1S/C27H29N3O4S/c1-3-21-13-10-14-23(17-21)30-25(31)19-29(35(33,34)24-15-8-5-9-16-24)20-27(30,2)26(32)28-18-22-11-6-4-7-12-22/h4-17H,3,18-20H2,1-2H3,(H,28,32). The van der Waals surface area contributed by atoms with Crippen LogP contribution in [-0.2, 0) is 32.6 Å². The van der Waals surface area contributed by atoms with Gasteiger partial charge in [0.2, 0.25) is 21.8 Å². The van der Waals surface area contributed by atoms with Crippen molar-refractivity contribution in [3.05, 3.63) is 96.1 Å². The van der Waals surface area contributed by atoms with Gasteiger partial charge in [0.25, 0.3) is 0 Å². The maximum atomic E-state index is 13.7. The second-order valence-corrected chi connectivity index (χ2v) is 10.7. The number of sulfonamides is 1. The molecule has 3 aromatic rings. The van der Waals surface area contributed by atoms with Gasteiger partial charge in [-0.05, 0) is 48.7 Å². The van der Waals surface area contributed by atoms with Crippen molar-refractivity contribution in [1.29, 1.82) is 0 Å². The van der Waals surface area contributed by atoms with E-state index in [2.05, 4.69) is 5.32 Å². The molecule has 7 nitrogen and oxygen atoms in total. The Morgan fingerprint density at radius 3 is 2.23 bits per heavy atom. The van der Waals surface area contributed by atoms with Crippen LogP contribution in [0, 0.1) is 0 Å². The van der Waals surface area contributed by atoms with Gasteiger partial charge in [-0.25, -0.2) is 8.42 Å². The third-order valence-electron chi connectivity index (χ3n) is 6.28. The first kappa shape index (κ1) is 24.6. The van der Waals surface area contributed by atoms with E-state index >= 15 is 0 Å². The lowest BCUT2D eigenvalue weighted by molar-refractivity contribution is -0.133. The van der Waals surface area contributed by atoms with E-state index in [1.807, 2.05) is 55.5 Å². The monoisotopic (exact) mass is 491 g/mol. The third-order valence-corrected chi connectivity index (χ3v) is 8.09. The van der Waals surface area contributed by atoms with Crippen molar-refractivity contribution in [2.45, 2.75) is 37.2 Å². The SMILES string of the molecule is CCc1cccc(N2C(=O)CN(S(=O)(=O)c3ccccc3)CC2(C)C(=O)NCc2ccccc2)c1. The summed E-state index contributed by atoms with van der Waals surface area (Å²) in [6.45, 7) is 3.37. The highest BCUT2D eigenvalue weighted by atomic mass is 32.2. The average Bonchev–Trinajstić information content (AvgIpc) is 2.88. The predicted octanol–water partition coefficient (Wildman–Crippen LogP) is 3.36. The van der Waals surface area contributed by atoms with Gasteiger partial charge in [-0.15, -0.1) is 0 Å². The van der Waals surface area contributed by atoms with E-state index in [4.69, 9.17) is 0 Å². The smallest absolute Gasteiger partial charge is 0.247 e. The number of piperazine rings is 1. The van der Waals surface area contributed by atoms with Crippen LogP contribution in [0.5, 0.6) is 0 Å². The van der Waals surface area contributed by atoms with Crippen molar-refractivity contribution in [2.75, 3.05) is 18.0 Å². The molecule has 1 atom stereocenters. The molecule has 1 aliphatic heterocycles. The summed E-state index contributed by atoms with van der Waals surface area (Å²) in [5.41, 5.74) is 1.03. The van der Waals surface area contributed by atoms with Crippen LogP contribution in [-0.4, -0.2) is 43.2 Å². The van der Waals surface area contributed by atoms with E-state index < -0.39 is 27.4 Å². The predicted molar refractivity (Wildman–Crippen MR) is 135 cm³/mol. The molecule has 2 amide bonds. The summed E-state index contributed by atoms with van der Waals surface area (Å²) in [7, 11) is -3.98. The van der Waals surface area contributed by atoms with Gasteiger partial charge < -0.3 is 5.32 Å². The molecule has 0 bridgehead atoms. The van der Waals surface area contributed by atoms with Crippen LogP contribution >= 0.6 is 0 Å². The van der Waals surface area contributed by atoms with Crippen molar-refractivity contribution in [3.8, 4) is 0 Å². The highest BCUT2D eigenvalue weighted by molar-refractivity contribution is 7.89. The van der Waals surface area contributed by atoms with E-state index in [-0.39, 0.29) is 24.5 Å². The minimum atomic E-state index is -3.98. The second kappa shape index (κ2) is 10.0. The maximum absolute atomic E-state index is 13.7. The number of rotatable bonds is 7. The average molecular weight is 492 g/mol. The lowest BCUT2D eigenvalue weighted by Gasteiger charge is -2.46. The number of nitrogens with zero attached hydrogens (tertiary/aromatic N) is 2. The first-order chi connectivity index (χ1) is 16.8. The fraction of sp³-hybridized carbons (Fsp3) is 0.259. The van der Waals surface area contributed by atoms with Crippen molar-refractivity contribution < 1.29 is 18.0 Å². The van der Waals surface area contributed by atoms with Crippen LogP contribution in [0.1, 0.15) is 25.0 Å². The van der Waals surface area contributed by atoms with Crippen LogP contribution in [0.3, 0.4) is 0 Å². The molecule has 1 unspecified atom stereocenters. The van der Waals surface area contributed by atoms with Gasteiger partial charge >= 0.3 is 0 Å². The Kier molecular flexibility index (Phi) is 7.05. The molecule has 1 saturated heterocycles. The number of anilines is 1. The quantitative estimate of drug-likeness (QED) is 0.549. The number of aryl methyl sites for hydroxylation is 1. The Labute approximate surface area is 206 Å². The van der Waals surface area contributed by atoms with E-state index in [1.165, 1.54) is 17.0 Å². The first-order valence-electron chi connectivity index (χ1n) is 11.5. The summed E-state index contributed by atoms with van der Waals surface area (Å²) in [4.78, 5) is 28.7. The van der Waals surface area contributed by atoms with Crippen LogP contribution in [0.15, 0.2) is 89.8 Å². The van der Waals surface area contributed by atoms with Crippen LogP contribution in [0.25, 0.3) is 0 Å². The topological polar surface area (TPSA) is 86.8 Å². The number of nitrogens with one attached hydrogen (secondary N) is 1. The van der Waals surface area contributed by atoms with Crippen LogP contribution < -0.4 is 10.2 Å². The van der Waals surface area contributed by atoms with Gasteiger partial charge in [0.15, 0.2) is 0 Å². The molecule has 35 heavy (non-hydrogen) atoms. The Morgan fingerprint density at radius 2 is 1.57 bits per heavy atom. The van der Waals surface area contributed by atoms with Gasteiger partial charge in [-0.2, -0.15) is 4.31 Å². The maximum Gasteiger partial charge on any atom is 0.247 e. The fourth-order valence-electron chi connectivity index (χ4n) is 4.36. The van der Waals surface area contributed by atoms with Gasteiger partial charge in [-0.1, -0.05) is 67.6 Å². The van der Waals surface area contributed by atoms with Gasteiger partial charge in [0.1, 0.15) is 5.54 Å². The van der Waals surface area contributed by atoms with Crippen LogP contribution in [0.2, 0.25) is 0 Å². The minimum absolute atomic E-state index is 0.0845. The summed E-state index contributed by atoms with van der Waals surface area (Å²) in [6, 6.07) is 24.9. The zero-order valence-corrected chi connectivity index (χ0v) is 20.7. The number of benzene rings is 3. The highest BCUT2D eigenvalue weighted by Gasteiger charge is 2.51. The molecule has 8 heteroatoms. The Morgan fingerprint density at radius 1 is 0.943 bits per heavy atom. The molecule has 1 aliphatic rings. The fourth-order valence-corrected chi connectivity index (χ4v) is 5.87. The molecule has 0 aromatic heterocycles. The molecule has 182 valence electrons. The zero-order chi connectivity index (χ0) is 25.1. The summed E-state index contributed by atoms with van der Waals surface area (Å²) in [5, 5.41) is 2.92. The van der Waals surface area contributed by atoms with Gasteiger partial charge in [0, 0.05) is 18.8 Å². The molecule has 1 heterocycles. The Bertz CT molecular complexity index is 1310. The van der Waals surface area contributed by atoms with Gasteiger partial charge in [-0.3, -0.25) is 14.5 Å². The number of amides is 2. The highest BCUT2D eigenvalue weighted by Crippen LogP contribution is 2.32. The van der Waals surface area contributed by atoms with Crippen LogP contribution in [0.4, 0.5) is 5.69 Å². The number of hydrogen-bond donors (Lipinski definition) is 1. The summed E-state index contributed by atoms with van der Waals surface area (Å²) < 4.78 is 27.9. The summed E-state index contributed by atoms with van der Waals surface area (Å²) in [5.74, 6) is -0.883. The zero-order valence-electron chi connectivity index (χ0n) is 19.8. The molecule has 0 spiro atoms. The van der Waals surface area contributed by atoms with E-state index in [9.17, 15) is 18.0 Å². The first-order valence-corrected chi connectivity index (χ1v) is 13.0. The normalized spacial score (nSPS) is 18.9. The molecule has 0 saturated carbocycles. The number of carbonyl (C=O) groups excluding carboxylic acids is 2. The molecule has 1 N–H and O–H groups in total. The van der Waals surface area contributed by atoms with E-state index in [0.717, 1.165) is 21.9 Å². The lowest BCUT2D eigenvalue weighted by atomic mass is 9.94. The van der Waals surface area contributed by atoms with Crippen molar-refractivity contribution >= 4 is 27.5 Å². The van der Waals surface area contributed by atoms with Crippen molar-refractivity contribution in [1.82, 2.24) is 9.62 Å². The Hall–Kier alpha value is -3.49. The van der Waals surface area contributed by atoms with Crippen molar-refractivity contribution in [2.24, 2.45) is 0 Å². The van der Waals surface area contributed by atoms with Crippen molar-refractivity contribution in [3.63, 3.8) is 0 Å². The summed E-state index contributed by atoms with van der Waals surface area (Å²) in [6.07, 6.45) is 0.765. The van der Waals surface area contributed by atoms with Gasteiger partial charge in [0.05, 0.1) is 11.4 Å². The number of carbonyl (C=O) groups is 2. The molecule has 4 rings (SSSR count).